The first-order valence-corrected chi connectivity index (χ1v) is 8.83. The van der Waals surface area contributed by atoms with Crippen LogP contribution >= 0.6 is 11.8 Å². The molecule has 24 heavy (non-hydrogen) atoms. The Labute approximate surface area is 146 Å². The summed E-state index contributed by atoms with van der Waals surface area (Å²) in [4.78, 5) is 12.0. The SMILES string of the molecule is C=CCn1c(SC(CCCC)C(=O)OC)nnc1-c1ccoc1C. The molecule has 1 unspecified atom stereocenters. The van der Waals surface area contributed by atoms with E-state index in [1.165, 1.54) is 18.9 Å². The fraction of sp³-hybridized carbons (Fsp3) is 0.471. The van der Waals surface area contributed by atoms with E-state index in [1.54, 1.807) is 12.3 Å². The van der Waals surface area contributed by atoms with Crippen LogP contribution in [0.15, 0.2) is 34.6 Å². The molecule has 0 aliphatic heterocycles. The second kappa shape index (κ2) is 8.73. The molecule has 0 N–H and O–H groups in total. The van der Waals surface area contributed by atoms with E-state index in [0.717, 1.165) is 30.6 Å². The number of ether oxygens (including phenoxy) is 1. The topological polar surface area (TPSA) is 70.2 Å². The largest absolute Gasteiger partial charge is 0.469 e. The van der Waals surface area contributed by atoms with Crippen molar-refractivity contribution in [2.75, 3.05) is 7.11 Å². The second-order valence-electron chi connectivity index (χ2n) is 5.37. The molecule has 0 radical (unpaired) electrons. The smallest absolute Gasteiger partial charge is 0.319 e. The Bertz CT molecular complexity index is 693. The maximum Gasteiger partial charge on any atom is 0.319 e. The number of aryl methyl sites for hydroxylation is 1. The number of hydrogen-bond acceptors (Lipinski definition) is 6. The molecular weight excluding hydrogens is 326 g/mol. The first kappa shape index (κ1) is 18.3. The van der Waals surface area contributed by atoms with Crippen LogP contribution in [0.4, 0.5) is 0 Å². The summed E-state index contributed by atoms with van der Waals surface area (Å²) in [6, 6.07) is 1.86. The number of rotatable bonds is 9. The Hall–Kier alpha value is -2.02. The highest BCUT2D eigenvalue weighted by Crippen LogP contribution is 2.31. The molecule has 0 spiro atoms. The molecule has 0 bridgehead atoms. The zero-order valence-electron chi connectivity index (χ0n) is 14.3. The molecular formula is C17H23N3O3S. The maximum atomic E-state index is 12.0. The average molecular weight is 349 g/mol. The summed E-state index contributed by atoms with van der Waals surface area (Å²) < 4.78 is 12.2. The van der Waals surface area contributed by atoms with Gasteiger partial charge >= 0.3 is 5.97 Å². The van der Waals surface area contributed by atoms with Gasteiger partial charge in [0, 0.05) is 6.54 Å². The van der Waals surface area contributed by atoms with E-state index >= 15 is 0 Å². The molecule has 0 aliphatic carbocycles. The minimum atomic E-state index is -0.291. The number of methoxy groups -OCH3 is 1. The monoisotopic (exact) mass is 349 g/mol. The standard InChI is InChI=1S/C17H23N3O3S/c1-5-7-8-14(16(21)22-4)24-17-19-18-15(20(17)10-6-2)13-9-11-23-12(13)3/h6,9,11,14H,2,5,7-8,10H2,1,3-4H3. The van der Waals surface area contributed by atoms with Crippen LogP contribution in [0.2, 0.25) is 0 Å². The maximum absolute atomic E-state index is 12.0. The molecule has 0 aliphatic rings. The van der Waals surface area contributed by atoms with Gasteiger partial charge < -0.3 is 9.15 Å². The number of carbonyl (C=O) groups excluding carboxylic acids is 1. The van der Waals surface area contributed by atoms with Gasteiger partial charge in [0.1, 0.15) is 11.0 Å². The minimum Gasteiger partial charge on any atom is -0.469 e. The fourth-order valence-corrected chi connectivity index (χ4v) is 3.47. The molecule has 0 amide bonds. The lowest BCUT2D eigenvalue weighted by atomic mass is 10.2. The van der Waals surface area contributed by atoms with Gasteiger partial charge in [-0.1, -0.05) is 37.6 Å². The van der Waals surface area contributed by atoms with Gasteiger partial charge in [-0.2, -0.15) is 0 Å². The minimum absolute atomic E-state index is 0.234. The van der Waals surface area contributed by atoms with Crippen molar-refractivity contribution in [3.05, 3.63) is 30.7 Å². The van der Waals surface area contributed by atoms with Crippen molar-refractivity contribution in [1.29, 1.82) is 0 Å². The summed E-state index contributed by atoms with van der Waals surface area (Å²) in [6.45, 7) is 8.33. The van der Waals surface area contributed by atoms with Gasteiger partial charge in [0.25, 0.3) is 0 Å². The molecule has 0 saturated carbocycles. The van der Waals surface area contributed by atoms with Crippen molar-refractivity contribution in [3.63, 3.8) is 0 Å². The zero-order valence-corrected chi connectivity index (χ0v) is 15.1. The van der Waals surface area contributed by atoms with Crippen LogP contribution in [0.25, 0.3) is 11.4 Å². The average Bonchev–Trinajstić information content (AvgIpc) is 3.17. The van der Waals surface area contributed by atoms with Crippen molar-refractivity contribution in [1.82, 2.24) is 14.8 Å². The predicted molar refractivity (Wildman–Crippen MR) is 93.8 cm³/mol. The Balaban J connectivity index is 2.32. The van der Waals surface area contributed by atoms with E-state index in [4.69, 9.17) is 9.15 Å². The lowest BCUT2D eigenvalue weighted by molar-refractivity contribution is -0.140. The number of thioether (sulfide) groups is 1. The van der Waals surface area contributed by atoms with Gasteiger partial charge in [-0.15, -0.1) is 16.8 Å². The van der Waals surface area contributed by atoms with Gasteiger partial charge in [0.2, 0.25) is 0 Å². The van der Waals surface area contributed by atoms with Gasteiger partial charge in [-0.05, 0) is 19.4 Å². The molecule has 6 nitrogen and oxygen atoms in total. The van der Waals surface area contributed by atoms with Gasteiger partial charge in [-0.25, -0.2) is 0 Å². The quantitative estimate of drug-likeness (QED) is 0.389. The Morgan fingerprint density at radius 1 is 1.54 bits per heavy atom. The van der Waals surface area contributed by atoms with Gasteiger partial charge in [-0.3, -0.25) is 9.36 Å². The summed E-state index contributed by atoms with van der Waals surface area (Å²) in [5.74, 6) is 1.25. The summed E-state index contributed by atoms with van der Waals surface area (Å²) in [5.41, 5.74) is 0.888. The summed E-state index contributed by atoms with van der Waals surface area (Å²) in [5, 5.41) is 8.95. The summed E-state index contributed by atoms with van der Waals surface area (Å²) >= 11 is 1.39. The molecule has 0 aromatic carbocycles. The number of furan rings is 1. The van der Waals surface area contributed by atoms with Crippen LogP contribution in [0.3, 0.4) is 0 Å². The number of allylic oxidation sites excluding steroid dienone is 1. The van der Waals surface area contributed by atoms with Crippen LogP contribution in [0.1, 0.15) is 31.9 Å². The second-order valence-corrected chi connectivity index (χ2v) is 6.54. The molecule has 0 fully saturated rings. The molecule has 2 rings (SSSR count). The van der Waals surface area contributed by atoms with Crippen molar-refractivity contribution in [2.45, 2.75) is 50.1 Å². The molecule has 0 saturated heterocycles. The highest BCUT2D eigenvalue weighted by atomic mass is 32.2. The predicted octanol–water partition coefficient (Wildman–Crippen LogP) is 3.86. The first-order valence-electron chi connectivity index (χ1n) is 7.95. The molecule has 2 aromatic heterocycles. The van der Waals surface area contributed by atoms with Gasteiger partial charge in [0.05, 0.1) is 18.9 Å². The molecule has 2 aromatic rings. The van der Waals surface area contributed by atoms with Crippen LogP contribution in [-0.4, -0.2) is 33.1 Å². The number of aromatic nitrogens is 3. The van der Waals surface area contributed by atoms with E-state index < -0.39 is 0 Å². The lowest BCUT2D eigenvalue weighted by Crippen LogP contribution is -2.19. The molecule has 7 heteroatoms. The zero-order chi connectivity index (χ0) is 17.5. The van der Waals surface area contributed by atoms with Crippen LogP contribution in [0.5, 0.6) is 0 Å². The number of nitrogens with zero attached hydrogens (tertiary/aromatic N) is 3. The number of hydrogen-bond donors (Lipinski definition) is 0. The van der Waals surface area contributed by atoms with Crippen LogP contribution in [0, 0.1) is 6.92 Å². The lowest BCUT2D eigenvalue weighted by Gasteiger charge is -2.14. The van der Waals surface area contributed by atoms with E-state index in [-0.39, 0.29) is 11.2 Å². The Morgan fingerprint density at radius 2 is 2.33 bits per heavy atom. The normalized spacial score (nSPS) is 12.1. The third-order valence-electron chi connectivity index (χ3n) is 3.66. The Kier molecular flexibility index (Phi) is 6.66. The van der Waals surface area contributed by atoms with Crippen LogP contribution < -0.4 is 0 Å². The first-order chi connectivity index (χ1) is 11.6. The third-order valence-corrected chi connectivity index (χ3v) is 4.89. The number of carbonyl (C=O) groups is 1. The fourth-order valence-electron chi connectivity index (χ4n) is 2.36. The number of esters is 1. The molecule has 1 atom stereocenters. The third kappa shape index (κ3) is 4.08. The molecule has 130 valence electrons. The Morgan fingerprint density at radius 3 is 2.92 bits per heavy atom. The van der Waals surface area contributed by atoms with Crippen molar-refractivity contribution in [3.8, 4) is 11.4 Å². The van der Waals surface area contributed by atoms with Crippen LogP contribution in [-0.2, 0) is 16.1 Å². The molecule has 2 heterocycles. The van der Waals surface area contributed by atoms with E-state index in [9.17, 15) is 4.79 Å². The number of unbranched alkanes of at least 4 members (excludes halogenated alkanes) is 1. The van der Waals surface area contributed by atoms with E-state index in [0.29, 0.717) is 17.5 Å². The highest BCUT2D eigenvalue weighted by Gasteiger charge is 2.25. The van der Waals surface area contributed by atoms with Crippen molar-refractivity contribution >= 4 is 17.7 Å². The van der Waals surface area contributed by atoms with E-state index in [1.807, 2.05) is 17.6 Å². The summed E-state index contributed by atoms with van der Waals surface area (Å²) in [6.07, 6.45) is 6.13. The van der Waals surface area contributed by atoms with Crippen molar-refractivity contribution < 1.29 is 13.9 Å². The highest BCUT2D eigenvalue weighted by molar-refractivity contribution is 8.00. The van der Waals surface area contributed by atoms with Crippen molar-refractivity contribution in [2.24, 2.45) is 0 Å². The van der Waals surface area contributed by atoms with E-state index in [2.05, 4.69) is 23.7 Å². The summed E-state index contributed by atoms with van der Waals surface area (Å²) in [7, 11) is 1.41. The van der Waals surface area contributed by atoms with Gasteiger partial charge in [0.15, 0.2) is 11.0 Å².